The highest BCUT2D eigenvalue weighted by Crippen LogP contribution is 2.38. The van der Waals surface area contributed by atoms with Crippen LogP contribution in [0.4, 0.5) is 4.79 Å². The largest absolute Gasteiger partial charge is 0.481 e. The van der Waals surface area contributed by atoms with Gasteiger partial charge >= 0.3 is 12.0 Å². The molecule has 120 valence electrons. The Labute approximate surface area is 130 Å². The van der Waals surface area contributed by atoms with Gasteiger partial charge in [-0.25, -0.2) is 4.79 Å². The summed E-state index contributed by atoms with van der Waals surface area (Å²) in [5.41, 5.74) is -0.766. The predicted molar refractivity (Wildman–Crippen MR) is 84.6 cm³/mol. The van der Waals surface area contributed by atoms with Crippen molar-refractivity contribution in [3.05, 3.63) is 0 Å². The van der Waals surface area contributed by atoms with E-state index < -0.39 is 11.4 Å². The van der Waals surface area contributed by atoms with E-state index in [9.17, 15) is 14.7 Å². The summed E-state index contributed by atoms with van der Waals surface area (Å²) in [5, 5.41) is 12.9. The maximum atomic E-state index is 12.2. The normalized spacial score (nSPS) is 33.5. The van der Waals surface area contributed by atoms with Gasteiger partial charge in [-0.2, -0.15) is 11.8 Å². The topological polar surface area (TPSA) is 69.6 Å². The Morgan fingerprint density at radius 3 is 2.57 bits per heavy atom. The third-order valence-electron chi connectivity index (χ3n) is 4.79. The van der Waals surface area contributed by atoms with E-state index in [0.29, 0.717) is 24.0 Å². The number of aliphatic carboxylic acids is 1. The molecule has 2 amide bonds. The van der Waals surface area contributed by atoms with Gasteiger partial charge in [-0.15, -0.1) is 0 Å². The standard InChI is InChI=1S/C15H26N2O3S/c1-11-3-5-15(6-4-11,13(18)19)10-16-14(20)17-7-8-21-12(2)9-17/h11-12H,3-10H2,1-2H3,(H,16,20)(H,18,19). The summed E-state index contributed by atoms with van der Waals surface area (Å²) in [6.45, 7) is 6.03. The van der Waals surface area contributed by atoms with Crippen molar-refractivity contribution >= 4 is 23.8 Å². The van der Waals surface area contributed by atoms with Crippen LogP contribution in [-0.2, 0) is 4.79 Å². The van der Waals surface area contributed by atoms with E-state index in [1.54, 1.807) is 0 Å². The third-order valence-corrected chi connectivity index (χ3v) is 5.93. The molecule has 0 bridgehead atoms. The Kier molecular flexibility index (Phi) is 5.41. The van der Waals surface area contributed by atoms with Crippen LogP contribution < -0.4 is 5.32 Å². The summed E-state index contributed by atoms with van der Waals surface area (Å²) in [5.74, 6) is 0.779. The number of rotatable bonds is 3. The van der Waals surface area contributed by atoms with Crippen molar-refractivity contribution in [2.45, 2.75) is 44.8 Å². The van der Waals surface area contributed by atoms with Crippen molar-refractivity contribution in [2.75, 3.05) is 25.4 Å². The molecule has 2 N–H and O–H groups in total. The third kappa shape index (κ3) is 4.05. The van der Waals surface area contributed by atoms with Crippen LogP contribution in [0.15, 0.2) is 0 Å². The molecule has 1 atom stereocenters. The van der Waals surface area contributed by atoms with Crippen LogP contribution in [0, 0.1) is 11.3 Å². The molecule has 1 aliphatic heterocycles. The van der Waals surface area contributed by atoms with E-state index in [4.69, 9.17) is 0 Å². The SMILES string of the molecule is CC1CCC(CNC(=O)N2CCSC(C)C2)(C(=O)O)CC1. The number of carboxylic acid groups (broad SMARTS) is 1. The summed E-state index contributed by atoms with van der Waals surface area (Å²) in [7, 11) is 0. The number of nitrogens with zero attached hydrogens (tertiary/aromatic N) is 1. The molecular weight excluding hydrogens is 288 g/mol. The summed E-state index contributed by atoms with van der Waals surface area (Å²) >= 11 is 1.87. The van der Waals surface area contributed by atoms with Crippen LogP contribution >= 0.6 is 11.8 Å². The molecule has 0 spiro atoms. The quantitative estimate of drug-likeness (QED) is 0.839. The Bertz CT molecular complexity index is 394. The monoisotopic (exact) mass is 314 g/mol. The number of hydrogen-bond donors (Lipinski definition) is 2. The average molecular weight is 314 g/mol. The lowest BCUT2D eigenvalue weighted by Gasteiger charge is -2.37. The highest BCUT2D eigenvalue weighted by molar-refractivity contribution is 7.99. The fourth-order valence-electron chi connectivity index (χ4n) is 3.14. The molecule has 1 aliphatic carbocycles. The first kappa shape index (κ1) is 16.5. The minimum Gasteiger partial charge on any atom is -0.481 e. The van der Waals surface area contributed by atoms with Gasteiger partial charge in [0.25, 0.3) is 0 Å². The molecule has 1 unspecified atom stereocenters. The second-order valence-electron chi connectivity index (χ2n) is 6.55. The van der Waals surface area contributed by atoms with Crippen molar-refractivity contribution in [2.24, 2.45) is 11.3 Å². The zero-order chi connectivity index (χ0) is 15.5. The average Bonchev–Trinajstić information content (AvgIpc) is 2.46. The fraction of sp³-hybridized carbons (Fsp3) is 0.867. The zero-order valence-corrected chi connectivity index (χ0v) is 13.7. The van der Waals surface area contributed by atoms with Crippen LogP contribution in [0.3, 0.4) is 0 Å². The number of carbonyl (C=O) groups is 2. The highest BCUT2D eigenvalue weighted by Gasteiger charge is 2.41. The highest BCUT2D eigenvalue weighted by atomic mass is 32.2. The number of carbonyl (C=O) groups excluding carboxylic acids is 1. The number of urea groups is 1. The van der Waals surface area contributed by atoms with E-state index in [2.05, 4.69) is 19.2 Å². The maximum absolute atomic E-state index is 12.2. The van der Waals surface area contributed by atoms with Gasteiger partial charge in [-0.05, 0) is 31.6 Å². The number of thioether (sulfide) groups is 1. The maximum Gasteiger partial charge on any atom is 0.317 e. The first-order chi connectivity index (χ1) is 9.93. The lowest BCUT2D eigenvalue weighted by molar-refractivity contribution is -0.151. The smallest absolute Gasteiger partial charge is 0.317 e. The zero-order valence-electron chi connectivity index (χ0n) is 12.9. The molecule has 2 rings (SSSR count). The van der Waals surface area contributed by atoms with E-state index in [-0.39, 0.29) is 12.6 Å². The van der Waals surface area contributed by atoms with Gasteiger partial charge in [0.05, 0.1) is 5.41 Å². The number of amides is 2. The van der Waals surface area contributed by atoms with Gasteiger partial charge in [0.15, 0.2) is 0 Å². The van der Waals surface area contributed by atoms with E-state index in [1.807, 2.05) is 16.7 Å². The van der Waals surface area contributed by atoms with Gasteiger partial charge < -0.3 is 15.3 Å². The lowest BCUT2D eigenvalue weighted by Crippen LogP contribution is -2.51. The Morgan fingerprint density at radius 1 is 1.33 bits per heavy atom. The van der Waals surface area contributed by atoms with Crippen molar-refractivity contribution < 1.29 is 14.7 Å². The molecule has 6 heteroatoms. The second-order valence-corrected chi connectivity index (χ2v) is 8.10. The summed E-state index contributed by atoms with van der Waals surface area (Å²) in [4.78, 5) is 25.7. The number of carboxylic acids is 1. The van der Waals surface area contributed by atoms with Crippen LogP contribution in [0.5, 0.6) is 0 Å². The van der Waals surface area contributed by atoms with E-state index in [1.165, 1.54) is 0 Å². The van der Waals surface area contributed by atoms with Gasteiger partial charge in [0.2, 0.25) is 0 Å². The molecule has 0 radical (unpaired) electrons. The molecule has 0 aromatic carbocycles. The van der Waals surface area contributed by atoms with Gasteiger partial charge in [-0.3, -0.25) is 4.79 Å². The van der Waals surface area contributed by atoms with Gasteiger partial charge in [0.1, 0.15) is 0 Å². The minimum atomic E-state index is -0.766. The van der Waals surface area contributed by atoms with Crippen LogP contribution in [0.2, 0.25) is 0 Å². The first-order valence-electron chi connectivity index (χ1n) is 7.81. The van der Waals surface area contributed by atoms with Crippen molar-refractivity contribution in [3.8, 4) is 0 Å². The molecule has 1 saturated carbocycles. The van der Waals surface area contributed by atoms with Crippen LogP contribution in [0.25, 0.3) is 0 Å². The summed E-state index contributed by atoms with van der Waals surface area (Å²) in [6.07, 6.45) is 3.19. The second kappa shape index (κ2) is 6.90. The van der Waals surface area contributed by atoms with Gasteiger partial charge in [0, 0.05) is 30.6 Å². The van der Waals surface area contributed by atoms with Crippen LogP contribution in [-0.4, -0.2) is 52.6 Å². The first-order valence-corrected chi connectivity index (χ1v) is 8.85. The molecule has 1 saturated heterocycles. The van der Waals surface area contributed by atoms with E-state index >= 15 is 0 Å². The molecule has 2 aliphatic rings. The molecule has 5 nitrogen and oxygen atoms in total. The molecular formula is C15H26N2O3S. The van der Waals surface area contributed by atoms with Gasteiger partial charge in [-0.1, -0.05) is 13.8 Å². The Balaban J connectivity index is 1.90. The summed E-state index contributed by atoms with van der Waals surface area (Å²) in [6, 6.07) is -0.110. The molecule has 1 heterocycles. The lowest BCUT2D eigenvalue weighted by atomic mass is 9.71. The number of hydrogen-bond acceptors (Lipinski definition) is 3. The Morgan fingerprint density at radius 2 is 2.00 bits per heavy atom. The molecule has 2 fully saturated rings. The minimum absolute atomic E-state index is 0.110. The van der Waals surface area contributed by atoms with Crippen LogP contribution in [0.1, 0.15) is 39.5 Å². The molecule has 0 aromatic rings. The molecule has 21 heavy (non-hydrogen) atoms. The predicted octanol–water partition coefficient (Wildman–Crippen LogP) is 2.41. The van der Waals surface area contributed by atoms with Crippen molar-refractivity contribution in [3.63, 3.8) is 0 Å². The molecule has 0 aromatic heterocycles. The fourth-order valence-corrected chi connectivity index (χ4v) is 4.15. The number of nitrogens with one attached hydrogen (secondary N) is 1. The van der Waals surface area contributed by atoms with Crippen molar-refractivity contribution in [1.82, 2.24) is 10.2 Å². The van der Waals surface area contributed by atoms with E-state index in [0.717, 1.165) is 31.7 Å². The Hall–Kier alpha value is -0.910. The van der Waals surface area contributed by atoms with Crippen molar-refractivity contribution in [1.29, 1.82) is 0 Å². The summed E-state index contributed by atoms with van der Waals surface area (Å²) < 4.78 is 0.